The molecule has 0 bridgehead atoms. The van der Waals surface area contributed by atoms with Gasteiger partial charge in [0.15, 0.2) is 0 Å². The Morgan fingerprint density at radius 3 is 2.34 bits per heavy atom. The van der Waals surface area contributed by atoms with Crippen molar-refractivity contribution in [2.24, 2.45) is 5.73 Å². The van der Waals surface area contributed by atoms with Crippen LogP contribution in [0.1, 0.15) is 17.3 Å². The fraction of sp³-hybridized carbons (Fsp3) is 0.143. The van der Waals surface area contributed by atoms with Crippen molar-refractivity contribution < 1.29 is 14.3 Å². The second kappa shape index (κ2) is 8.83. The molecule has 0 unspecified atom stereocenters. The second-order valence-corrected chi connectivity index (χ2v) is 6.16. The van der Waals surface area contributed by atoms with E-state index in [0.717, 1.165) is 16.0 Å². The molecule has 0 fully saturated rings. The molecule has 3 N–H and O–H groups in total. The van der Waals surface area contributed by atoms with E-state index in [2.05, 4.69) is 10.4 Å². The van der Waals surface area contributed by atoms with E-state index < -0.39 is 11.8 Å². The maximum Gasteiger partial charge on any atom is 0.267 e. The van der Waals surface area contributed by atoms with Crippen LogP contribution in [-0.4, -0.2) is 28.2 Å². The van der Waals surface area contributed by atoms with Gasteiger partial charge >= 0.3 is 0 Å². The Kier molecular flexibility index (Phi) is 6.03. The van der Waals surface area contributed by atoms with Gasteiger partial charge in [-0.3, -0.25) is 14.4 Å². The first-order valence-electron chi connectivity index (χ1n) is 8.97. The monoisotopic (exact) mass is 392 g/mol. The fourth-order valence-electron chi connectivity index (χ4n) is 2.66. The van der Waals surface area contributed by atoms with Crippen LogP contribution in [0.25, 0.3) is 11.3 Å². The Morgan fingerprint density at radius 2 is 1.72 bits per heavy atom. The molecule has 8 heteroatoms. The Bertz CT molecular complexity index is 1070. The Balaban J connectivity index is 1.73. The number of nitrogens with zero attached hydrogens (tertiary/aromatic N) is 2. The highest BCUT2D eigenvalue weighted by molar-refractivity contribution is 5.94. The molecule has 0 spiro atoms. The minimum absolute atomic E-state index is 0.249. The molecule has 1 heterocycles. The van der Waals surface area contributed by atoms with Crippen LogP contribution in [0.3, 0.4) is 0 Å². The van der Waals surface area contributed by atoms with Gasteiger partial charge in [-0.2, -0.15) is 5.10 Å². The largest absolute Gasteiger partial charge is 0.494 e. The first-order chi connectivity index (χ1) is 14.0. The van der Waals surface area contributed by atoms with Crippen LogP contribution < -0.4 is 21.3 Å². The van der Waals surface area contributed by atoms with Crippen LogP contribution in [0.5, 0.6) is 5.75 Å². The number of aromatic nitrogens is 2. The first kappa shape index (κ1) is 19.8. The lowest BCUT2D eigenvalue weighted by Crippen LogP contribution is -2.29. The third-order valence-electron chi connectivity index (χ3n) is 4.07. The molecule has 0 aliphatic heterocycles. The van der Waals surface area contributed by atoms with E-state index in [9.17, 15) is 14.4 Å². The van der Waals surface area contributed by atoms with Crippen LogP contribution in [-0.2, 0) is 11.3 Å². The molecule has 0 aliphatic carbocycles. The van der Waals surface area contributed by atoms with E-state index >= 15 is 0 Å². The number of amides is 2. The number of benzene rings is 2. The number of hydrogen-bond donors (Lipinski definition) is 2. The number of hydrogen-bond acceptors (Lipinski definition) is 5. The summed E-state index contributed by atoms with van der Waals surface area (Å²) in [5.41, 5.74) is 6.98. The van der Waals surface area contributed by atoms with Crippen molar-refractivity contribution in [1.82, 2.24) is 9.78 Å². The van der Waals surface area contributed by atoms with Crippen LogP contribution in [0.4, 0.5) is 5.69 Å². The summed E-state index contributed by atoms with van der Waals surface area (Å²) in [6.07, 6.45) is 0. The number of nitrogens with one attached hydrogen (secondary N) is 1. The SMILES string of the molecule is CCOc1ccc(-c2ccc(=O)n(CC(=O)Nc3ccc(C(N)=O)cc3)n2)cc1. The number of primary amides is 1. The molecule has 29 heavy (non-hydrogen) atoms. The van der Waals surface area contributed by atoms with Gasteiger partial charge in [0.2, 0.25) is 11.8 Å². The Labute approximate surface area is 166 Å². The number of carbonyl (C=O) groups is 2. The predicted octanol–water partition coefficient (Wildman–Crippen LogP) is 2.05. The molecule has 0 radical (unpaired) electrons. The van der Waals surface area contributed by atoms with Gasteiger partial charge in [-0.1, -0.05) is 0 Å². The van der Waals surface area contributed by atoms with Gasteiger partial charge in [-0.15, -0.1) is 0 Å². The summed E-state index contributed by atoms with van der Waals surface area (Å²) in [5.74, 6) is -0.230. The van der Waals surface area contributed by atoms with Crippen LogP contribution in [0.2, 0.25) is 0 Å². The average Bonchev–Trinajstić information content (AvgIpc) is 2.71. The summed E-state index contributed by atoms with van der Waals surface area (Å²) in [6.45, 7) is 2.23. The summed E-state index contributed by atoms with van der Waals surface area (Å²) in [4.78, 5) is 35.5. The van der Waals surface area contributed by atoms with Crippen molar-refractivity contribution in [3.63, 3.8) is 0 Å². The van der Waals surface area contributed by atoms with E-state index in [-0.39, 0.29) is 12.1 Å². The topological polar surface area (TPSA) is 116 Å². The lowest BCUT2D eigenvalue weighted by atomic mass is 10.1. The number of anilines is 1. The van der Waals surface area contributed by atoms with Gasteiger partial charge in [-0.05, 0) is 61.5 Å². The molecule has 0 atom stereocenters. The summed E-state index contributed by atoms with van der Waals surface area (Å²) in [6, 6.07) is 16.4. The highest BCUT2D eigenvalue weighted by Crippen LogP contribution is 2.19. The van der Waals surface area contributed by atoms with E-state index in [1.807, 2.05) is 31.2 Å². The van der Waals surface area contributed by atoms with E-state index in [4.69, 9.17) is 10.5 Å². The third kappa shape index (κ3) is 5.07. The van der Waals surface area contributed by atoms with Gasteiger partial charge in [0.1, 0.15) is 12.3 Å². The average molecular weight is 392 g/mol. The van der Waals surface area contributed by atoms with Gasteiger partial charge < -0.3 is 15.8 Å². The van der Waals surface area contributed by atoms with Crippen molar-refractivity contribution in [3.8, 4) is 17.0 Å². The van der Waals surface area contributed by atoms with Gasteiger partial charge in [0.25, 0.3) is 5.56 Å². The summed E-state index contributed by atoms with van der Waals surface area (Å²) in [5, 5.41) is 6.94. The normalized spacial score (nSPS) is 10.4. The van der Waals surface area contributed by atoms with E-state index in [1.165, 1.54) is 18.2 Å². The summed E-state index contributed by atoms with van der Waals surface area (Å²) < 4.78 is 6.51. The zero-order valence-corrected chi connectivity index (χ0v) is 15.8. The van der Waals surface area contributed by atoms with E-state index in [0.29, 0.717) is 23.6 Å². The molecule has 2 amide bonds. The molecule has 0 saturated heterocycles. The molecule has 3 rings (SSSR count). The van der Waals surface area contributed by atoms with Crippen LogP contribution in [0.15, 0.2) is 65.5 Å². The standard InChI is InChI=1S/C21H20N4O4/c1-2-29-17-9-5-14(6-10-17)18-11-12-20(27)25(24-18)13-19(26)23-16-7-3-15(4-8-16)21(22)28/h3-12H,2,13H2,1H3,(H2,22,28)(H,23,26). The van der Waals surface area contributed by atoms with Crippen molar-refractivity contribution in [1.29, 1.82) is 0 Å². The lowest BCUT2D eigenvalue weighted by Gasteiger charge is -2.09. The van der Waals surface area contributed by atoms with Crippen molar-refractivity contribution >= 4 is 17.5 Å². The Hall–Kier alpha value is -3.94. The van der Waals surface area contributed by atoms with Crippen molar-refractivity contribution in [2.75, 3.05) is 11.9 Å². The number of nitrogens with two attached hydrogens (primary N) is 1. The van der Waals surface area contributed by atoms with Crippen LogP contribution >= 0.6 is 0 Å². The Morgan fingerprint density at radius 1 is 1.03 bits per heavy atom. The second-order valence-electron chi connectivity index (χ2n) is 6.16. The van der Waals surface area contributed by atoms with Crippen molar-refractivity contribution in [3.05, 3.63) is 76.6 Å². The first-order valence-corrected chi connectivity index (χ1v) is 8.97. The number of rotatable bonds is 7. The highest BCUT2D eigenvalue weighted by Gasteiger charge is 2.09. The smallest absolute Gasteiger partial charge is 0.267 e. The summed E-state index contributed by atoms with van der Waals surface area (Å²) in [7, 11) is 0. The number of ether oxygens (including phenoxy) is 1. The number of carbonyl (C=O) groups excluding carboxylic acids is 2. The molecule has 0 aliphatic rings. The third-order valence-corrected chi connectivity index (χ3v) is 4.07. The molecular formula is C21H20N4O4. The maximum atomic E-state index is 12.3. The summed E-state index contributed by atoms with van der Waals surface area (Å²) >= 11 is 0. The van der Waals surface area contributed by atoms with E-state index in [1.54, 1.807) is 18.2 Å². The van der Waals surface area contributed by atoms with Gasteiger partial charge in [0, 0.05) is 22.9 Å². The predicted molar refractivity (Wildman–Crippen MR) is 109 cm³/mol. The van der Waals surface area contributed by atoms with Crippen molar-refractivity contribution in [2.45, 2.75) is 13.5 Å². The highest BCUT2D eigenvalue weighted by atomic mass is 16.5. The molecule has 2 aromatic carbocycles. The molecule has 8 nitrogen and oxygen atoms in total. The molecule has 3 aromatic rings. The maximum absolute atomic E-state index is 12.3. The molecule has 148 valence electrons. The minimum atomic E-state index is -0.551. The molecular weight excluding hydrogens is 372 g/mol. The van der Waals surface area contributed by atoms with Crippen LogP contribution in [0, 0.1) is 0 Å². The fourth-order valence-corrected chi connectivity index (χ4v) is 2.66. The molecule has 0 saturated carbocycles. The van der Waals surface area contributed by atoms with Gasteiger partial charge in [-0.25, -0.2) is 4.68 Å². The lowest BCUT2D eigenvalue weighted by molar-refractivity contribution is -0.117. The zero-order valence-electron chi connectivity index (χ0n) is 15.8. The van der Waals surface area contributed by atoms with Gasteiger partial charge in [0.05, 0.1) is 12.3 Å². The quantitative estimate of drug-likeness (QED) is 0.638. The molecule has 1 aromatic heterocycles. The minimum Gasteiger partial charge on any atom is -0.494 e. The zero-order chi connectivity index (χ0) is 20.8.